The van der Waals surface area contributed by atoms with Crippen LogP contribution >= 0.6 is 0 Å². The molecular weight excluding hydrogens is 560 g/mol. The molecule has 0 fully saturated rings. The summed E-state index contributed by atoms with van der Waals surface area (Å²) in [6.07, 6.45) is 29.8. The number of unbranched alkanes of at least 4 members (excludes halogenated alkanes) is 19. The third-order valence-corrected chi connectivity index (χ3v) is 9.63. The van der Waals surface area contributed by atoms with Gasteiger partial charge in [0.1, 0.15) is 6.10 Å². The van der Waals surface area contributed by atoms with E-state index in [-0.39, 0.29) is 24.1 Å². The molecule has 0 N–H and O–H groups in total. The molecule has 1 unspecified atom stereocenters. The van der Waals surface area contributed by atoms with Gasteiger partial charge >= 0.3 is 6.01 Å². The SMILES string of the molecule is CCCCCCCCCCCCCCCCCCOCC(CS(=O)(=O)CCCCCOCCCCC)Oc1ncccn1. The molecule has 1 aromatic heterocycles. The first-order valence-corrected chi connectivity index (χ1v) is 19.7. The Bertz CT molecular complexity index is 810. The molecule has 0 aliphatic carbocycles. The lowest BCUT2D eigenvalue weighted by molar-refractivity contribution is 0.0534. The molecule has 252 valence electrons. The summed E-state index contributed by atoms with van der Waals surface area (Å²) >= 11 is 0. The number of rotatable bonds is 33. The second kappa shape index (κ2) is 29.5. The molecule has 7 nitrogen and oxygen atoms in total. The summed E-state index contributed by atoms with van der Waals surface area (Å²) in [6, 6.07) is 1.90. The van der Waals surface area contributed by atoms with Gasteiger partial charge in [-0.3, -0.25) is 0 Å². The molecule has 0 saturated carbocycles. The normalized spacial score (nSPS) is 12.5. The number of nitrogens with zero attached hydrogens (tertiary/aromatic N) is 2. The average Bonchev–Trinajstić information content (AvgIpc) is 3.00. The number of ether oxygens (including phenoxy) is 3. The maximum atomic E-state index is 12.8. The zero-order chi connectivity index (χ0) is 31.1. The lowest BCUT2D eigenvalue weighted by Gasteiger charge is -2.18. The van der Waals surface area contributed by atoms with E-state index >= 15 is 0 Å². The van der Waals surface area contributed by atoms with Crippen LogP contribution in [0.4, 0.5) is 0 Å². The van der Waals surface area contributed by atoms with E-state index in [1.165, 1.54) is 103 Å². The van der Waals surface area contributed by atoms with E-state index < -0.39 is 15.9 Å². The Kier molecular flexibility index (Phi) is 27.3. The lowest BCUT2D eigenvalue weighted by atomic mass is 10.0. The van der Waals surface area contributed by atoms with Crippen molar-refractivity contribution < 1.29 is 22.6 Å². The minimum Gasteiger partial charge on any atom is -0.457 e. The average molecular weight is 627 g/mol. The molecule has 43 heavy (non-hydrogen) atoms. The highest BCUT2D eigenvalue weighted by Crippen LogP contribution is 2.14. The zero-order valence-electron chi connectivity index (χ0n) is 28.0. The molecule has 8 heteroatoms. The van der Waals surface area contributed by atoms with Gasteiger partial charge in [0, 0.05) is 32.2 Å². The first-order valence-electron chi connectivity index (χ1n) is 17.9. The molecule has 0 saturated heterocycles. The molecule has 1 atom stereocenters. The Morgan fingerprint density at radius 3 is 1.53 bits per heavy atom. The van der Waals surface area contributed by atoms with E-state index in [1.807, 2.05) is 0 Å². The predicted molar refractivity (Wildman–Crippen MR) is 180 cm³/mol. The fourth-order valence-corrected chi connectivity index (χ4v) is 6.75. The van der Waals surface area contributed by atoms with E-state index in [9.17, 15) is 8.42 Å². The molecule has 0 aliphatic rings. The minimum atomic E-state index is -3.28. The van der Waals surface area contributed by atoms with E-state index in [0.29, 0.717) is 19.6 Å². The summed E-state index contributed by atoms with van der Waals surface area (Å²) in [6.45, 7) is 6.80. The van der Waals surface area contributed by atoms with Gasteiger partial charge in [0.25, 0.3) is 0 Å². The molecule has 0 amide bonds. The van der Waals surface area contributed by atoms with Crippen LogP contribution in [0.3, 0.4) is 0 Å². The standard InChI is InChI=1S/C35H66N2O5S/c1-3-5-7-8-9-10-11-12-13-14-15-16-17-18-19-22-30-41-32-34(42-35-36-26-25-27-37-35)33-43(38,39)31-24-20-23-29-40-28-21-6-4-2/h25-27,34H,3-24,28-33H2,1-2H3. The van der Waals surface area contributed by atoms with Gasteiger partial charge in [-0.1, -0.05) is 129 Å². The largest absolute Gasteiger partial charge is 0.457 e. The van der Waals surface area contributed by atoms with Gasteiger partial charge in [0.15, 0.2) is 9.84 Å². The molecular formula is C35H66N2O5S. The summed E-state index contributed by atoms with van der Waals surface area (Å²) in [5, 5.41) is 0. The Balaban J connectivity index is 2.13. The molecule has 0 spiro atoms. The lowest BCUT2D eigenvalue weighted by Crippen LogP contribution is -2.33. The van der Waals surface area contributed by atoms with Crippen LogP contribution in [0.15, 0.2) is 18.5 Å². The van der Waals surface area contributed by atoms with Crippen molar-refractivity contribution in [2.45, 2.75) is 161 Å². The molecule has 1 aromatic rings. The first kappa shape index (κ1) is 39.8. The second-order valence-electron chi connectivity index (χ2n) is 12.1. The van der Waals surface area contributed by atoms with Crippen molar-refractivity contribution in [2.24, 2.45) is 0 Å². The Morgan fingerprint density at radius 2 is 1.00 bits per heavy atom. The van der Waals surface area contributed by atoms with Crippen LogP contribution in [0.25, 0.3) is 0 Å². The quantitative estimate of drug-likeness (QED) is 0.0719. The highest BCUT2D eigenvalue weighted by Gasteiger charge is 2.22. The number of hydrogen-bond acceptors (Lipinski definition) is 7. The summed E-state index contributed by atoms with van der Waals surface area (Å²) < 4.78 is 43.0. The van der Waals surface area contributed by atoms with Crippen LogP contribution in [0, 0.1) is 0 Å². The van der Waals surface area contributed by atoms with Crippen molar-refractivity contribution in [1.29, 1.82) is 0 Å². The molecule has 0 radical (unpaired) electrons. The Hall–Kier alpha value is -1.25. The summed E-state index contributed by atoms with van der Waals surface area (Å²) in [5.74, 6) is 0.0647. The van der Waals surface area contributed by atoms with Crippen LogP contribution in [0.1, 0.15) is 155 Å². The predicted octanol–water partition coefficient (Wildman–Crippen LogP) is 9.29. The van der Waals surface area contributed by atoms with E-state index in [4.69, 9.17) is 14.2 Å². The van der Waals surface area contributed by atoms with Gasteiger partial charge in [-0.25, -0.2) is 18.4 Å². The number of hydrogen-bond donors (Lipinski definition) is 0. The van der Waals surface area contributed by atoms with Crippen molar-refractivity contribution >= 4 is 9.84 Å². The number of aromatic nitrogens is 2. The van der Waals surface area contributed by atoms with Crippen molar-refractivity contribution in [3.8, 4) is 6.01 Å². The monoisotopic (exact) mass is 626 g/mol. The van der Waals surface area contributed by atoms with Crippen molar-refractivity contribution in [1.82, 2.24) is 9.97 Å². The van der Waals surface area contributed by atoms with Crippen LogP contribution in [0.2, 0.25) is 0 Å². The van der Waals surface area contributed by atoms with Crippen LogP contribution in [-0.2, 0) is 19.3 Å². The van der Waals surface area contributed by atoms with Crippen LogP contribution in [0.5, 0.6) is 6.01 Å². The third-order valence-electron chi connectivity index (χ3n) is 7.84. The highest BCUT2D eigenvalue weighted by atomic mass is 32.2. The van der Waals surface area contributed by atoms with Gasteiger partial charge in [-0.2, -0.15) is 0 Å². The summed E-state index contributed by atoms with van der Waals surface area (Å²) in [4.78, 5) is 8.21. The fraction of sp³-hybridized carbons (Fsp3) is 0.886. The van der Waals surface area contributed by atoms with Gasteiger partial charge in [-0.05, 0) is 31.7 Å². The zero-order valence-corrected chi connectivity index (χ0v) is 28.8. The third kappa shape index (κ3) is 26.8. The minimum absolute atomic E-state index is 0.0856. The smallest absolute Gasteiger partial charge is 0.316 e. The molecule has 1 rings (SSSR count). The highest BCUT2D eigenvalue weighted by molar-refractivity contribution is 7.91. The van der Waals surface area contributed by atoms with Crippen molar-refractivity contribution in [3.05, 3.63) is 18.5 Å². The van der Waals surface area contributed by atoms with Crippen molar-refractivity contribution in [3.63, 3.8) is 0 Å². The van der Waals surface area contributed by atoms with Crippen molar-refractivity contribution in [2.75, 3.05) is 37.9 Å². The number of sulfone groups is 1. The van der Waals surface area contributed by atoms with E-state index in [0.717, 1.165) is 38.7 Å². The summed E-state index contributed by atoms with van der Waals surface area (Å²) in [5.41, 5.74) is 0. The van der Waals surface area contributed by atoms with Crippen LogP contribution in [-0.4, -0.2) is 62.4 Å². The van der Waals surface area contributed by atoms with Gasteiger partial charge in [-0.15, -0.1) is 0 Å². The van der Waals surface area contributed by atoms with Gasteiger partial charge < -0.3 is 14.2 Å². The maximum absolute atomic E-state index is 12.8. The summed E-state index contributed by atoms with van der Waals surface area (Å²) in [7, 11) is -3.28. The Morgan fingerprint density at radius 1 is 0.581 bits per heavy atom. The van der Waals surface area contributed by atoms with Gasteiger partial charge in [0.05, 0.1) is 18.1 Å². The molecule has 0 aliphatic heterocycles. The van der Waals surface area contributed by atoms with E-state index in [1.54, 1.807) is 18.5 Å². The van der Waals surface area contributed by atoms with Gasteiger partial charge in [0.2, 0.25) is 0 Å². The Labute approximate surface area is 265 Å². The van der Waals surface area contributed by atoms with Crippen LogP contribution < -0.4 is 4.74 Å². The fourth-order valence-electron chi connectivity index (χ4n) is 5.20. The topological polar surface area (TPSA) is 87.6 Å². The first-order chi connectivity index (χ1) is 21.1. The molecule has 1 heterocycles. The maximum Gasteiger partial charge on any atom is 0.316 e. The van der Waals surface area contributed by atoms with E-state index in [2.05, 4.69) is 23.8 Å². The second-order valence-corrected chi connectivity index (χ2v) is 14.4. The molecule has 0 aromatic carbocycles. The molecule has 0 bridgehead atoms.